The van der Waals surface area contributed by atoms with Gasteiger partial charge in [0, 0.05) is 141 Å². The van der Waals surface area contributed by atoms with Gasteiger partial charge in [0.15, 0.2) is 96.5 Å². The molecule has 0 spiro atoms. The molecule has 0 saturated heterocycles. The molecule has 0 bridgehead atoms. The standard InChI is InChI=1S/2C16H22N.C13H19N2.C10H16N.3C8H13N2.2C7H13N2.C6H10NO.C6H10NS.C5H10N3/c1-9-10(2)12(4)16-13(5)14(6)17(7)8-15(16)11(9)3;1-9-8-17(7)16-14(6)12(4)11(3)13(5)15(16)10(9)2;1-8-9(2)11(4)13-12(10(8)3)14(5)7-15(13)6;1-7-6-11(5)10(4)9(3)8(7)2;1-6-7(2)9-5-10(4)8(6)3;1-6-5-10(4)8(3)7(2)9-6;1-6-5-10(4)9-8(3)7(6)2;1-6-7(2)9(4)5-8(6)3;1-6-5-8(3)9(4)7(6)2;2*1-5-6(2)8-4-7(5)3;1-5-6-8(3)4-7(5)2/h2*8H,1-7H3;7H,1-6H3;6H,1-5H3;3*5H,1-4H3;2*5H,1-4H3;3*4H,1-3H3/q12*+1. The first-order valence-corrected chi connectivity index (χ1v) is 46.9. The first kappa shape index (κ1) is 113. The van der Waals surface area contributed by atoms with E-state index in [2.05, 4.69) is 392 Å². The second-order valence-corrected chi connectivity index (χ2v) is 38.3. The minimum atomic E-state index is 0.993. The van der Waals surface area contributed by atoms with Gasteiger partial charge in [-0.15, -0.1) is 9.36 Å². The second kappa shape index (κ2) is 48.4. The van der Waals surface area contributed by atoms with Crippen LogP contribution in [0.1, 0.15) is 213 Å². The van der Waals surface area contributed by atoms with Crippen molar-refractivity contribution < 1.29 is 59.5 Å². The van der Waals surface area contributed by atoms with Crippen molar-refractivity contribution in [3.8, 4) is 0 Å². The molecule has 0 unspecified atom stereocenters. The molecule has 22 heteroatoms. The highest BCUT2D eigenvalue weighted by atomic mass is 32.1. The van der Waals surface area contributed by atoms with Crippen molar-refractivity contribution in [1.29, 1.82) is 0 Å². The van der Waals surface area contributed by atoms with E-state index in [1.165, 1.54) is 211 Å². The highest BCUT2D eigenvalue weighted by molar-refractivity contribution is 7.09. The first-order valence-electron chi connectivity index (χ1n) is 46.0. The summed E-state index contributed by atoms with van der Waals surface area (Å²) >= 11 is 1.79. The number of thiazole rings is 1. The van der Waals surface area contributed by atoms with Gasteiger partial charge >= 0.3 is 6.39 Å². The average molecular weight is 1820 g/mol. The van der Waals surface area contributed by atoms with Crippen LogP contribution in [0.5, 0.6) is 0 Å². The minimum absolute atomic E-state index is 0.993. The van der Waals surface area contributed by atoms with E-state index in [9.17, 15) is 0 Å². The third-order valence-electron chi connectivity index (χ3n) is 28.6. The Hall–Kier alpha value is -11.3. The van der Waals surface area contributed by atoms with Crippen LogP contribution in [-0.2, 0) is 113 Å². The van der Waals surface area contributed by atoms with Gasteiger partial charge in [0.05, 0.1) is 72.3 Å². The lowest BCUT2D eigenvalue weighted by atomic mass is 9.90. The van der Waals surface area contributed by atoms with Gasteiger partial charge in [-0.25, -0.2) is 50.7 Å². The van der Waals surface area contributed by atoms with Crippen molar-refractivity contribution in [2.24, 2.45) is 113 Å². The van der Waals surface area contributed by atoms with Crippen LogP contribution in [0.25, 0.3) is 32.7 Å². The number of aromatic nitrogens is 20. The van der Waals surface area contributed by atoms with Gasteiger partial charge in [-0.1, -0.05) is 21.0 Å². The number of imidazole rings is 2. The van der Waals surface area contributed by atoms with Crippen molar-refractivity contribution in [1.82, 2.24) is 38.7 Å². The van der Waals surface area contributed by atoms with E-state index in [1.807, 2.05) is 141 Å². The molecule has 15 aromatic rings. The topological polar surface area (TPSA) is 131 Å². The smallest absolute Gasteiger partial charge is 0.334 e. The molecule has 0 amide bonds. The number of aryl methyl sites for hydroxylation is 34. The quantitative estimate of drug-likeness (QED) is 0.140. The Labute approximate surface area is 800 Å². The lowest BCUT2D eigenvalue weighted by Crippen LogP contribution is -2.36. The summed E-state index contributed by atoms with van der Waals surface area (Å²) in [5.74, 6) is 2.03. The molecule has 714 valence electrons. The van der Waals surface area contributed by atoms with Crippen LogP contribution in [0.15, 0.2) is 78.8 Å². The SMILES string of the molecule is Cc1c(C)[n+](C)cn1C.Cc1c(C)c(C)c2c(C)c(C)[n+](C)cc2c1C.Cc1c(C)c(C)c2c(c1C)n(C)c[n+]2C.Cc1c[n+](C)c(C)c(C)c1C.Cc1c[n+](C)c(C)c(C)n1.Cc1c[n+](C)c2c(C)c(C)c(C)c(C)c2c1C.Cc1c[n+](C)n(C)c1C.Cc1c[n+](C)nc(C)c1C.Cc1nc[n+](C)c(C)c1C.Cc1nn(C)c[n+]1C.Cc1oc[n+](C)c1C.Cc1sc[n+](C)c1C. The summed E-state index contributed by atoms with van der Waals surface area (Å²) in [6.45, 7) is 81.5. The Balaban J connectivity index is 0.000000304. The van der Waals surface area contributed by atoms with E-state index >= 15 is 0 Å². The van der Waals surface area contributed by atoms with E-state index in [-0.39, 0.29) is 0 Å². The molecule has 3 aromatic carbocycles. The van der Waals surface area contributed by atoms with Gasteiger partial charge in [-0.3, -0.25) is 0 Å². The molecule has 0 atom stereocenters. The molecular weight excluding hydrogens is 1650 g/mol. The van der Waals surface area contributed by atoms with Crippen molar-refractivity contribution in [2.75, 3.05) is 0 Å². The van der Waals surface area contributed by atoms with E-state index in [0.29, 0.717) is 0 Å². The maximum Gasteiger partial charge on any atom is 0.334 e. The van der Waals surface area contributed by atoms with Gasteiger partial charge in [0.2, 0.25) is 35.7 Å². The van der Waals surface area contributed by atoms with Crippen molar-refractivity contribution in [3.05, 3.63) is 287 Å². The summed E-state index contributed by atoms with van der Waals surface area (Å²) in [5.41, 5.74) is 53.1. The van der Waals surface area contributed by atoms with Crippen molar-refractivity contribution in [2.45, 2.75) is 263 Å². The Bertz CT molecular complexity index is 6190. The molecule has 15 rings (SSSR count). The molecule has 132 heavy (non-hydrogen) atoms. The number of nitrogens with zero attached hydrogens (tertiary/aromatic N) is 20. The Kier molecular flexibility index (Phi) is 41.5. The van der Waals surface area contributed by atoms with Crippen molar-refractivity contribution >= 4 is 44.0 Å². The third kappa shape index (κ3) is 27.7. The van der Waals surface area contributed by atoms with Crippen LogP contribution in [-0.4, -0.2) is 38.7 Å². The minimum Gasteiger partial charge on any atom is -0.409 e. The van der Waals surface area contributed by atoms with Crippen molar-refractivity contribution in [3.63, 3.8) is 0 Å². The number of fused-ring (bicyclic) bond motifs is 3. The van der Waals surface area contributed by atoms with Crippen LogP contribution in [0.2, 0.25) is 0 Å². The Morgan fingerprint density at radius 2 is 0.788 bits per heavy atom. The van der Waals surface area contributed by atoms with Gasteiger partial charge in [-0.2, -0.15) is 13.8 Å². The second-order valence-electron chi connectivity index (χ2n) is 37.2. The fraction of sp³-hybridized carbons (Fsp3) is 0.491. The highest BCUT2D eigenvalue weighted by Gasteiger charge is 2.24. The zero-order valence-electron chi connectivity index (χ0n) is 92.7. The molecule has 12 aromatic heterocycles. The van der Waals surface area contributed by atoms with E-state index in [0.717, 1.165) is 34.4 Å². The molecule has 21 nitrogen and oxygen atoms in total. The van der Waals surface area contributed by atoms with Crippen LogP contribution < -0.4 is 55.0 Å². The molecule has 0 radical (unpaired) electrons. The third-order valence-corrected chi connectivity index (χ3v) is 29.7. The monoisotopic (exact) mass is 1820 g/mol. The van der Waals surface area contributed by atoms with Gasteiger partial charge in [-0.05, 0) is 266 Å². The molecule has 0 aliphatic rings. The number of rotatable bonds is 0. The number of benzene rings is 3. The molecule has 12 heterocycles. The molecule has 0 saturated carbocycles. The largest absolute Gasteiger partial charge is 0.409 e. The van der Waals surface area contributed by atoms with Crippen LogP contribution in [0.4, 0.5) is 0 Å². The normalized spacial score (nSPS) is 10.5. The summed E-state index contributed by atoms with van der Waals surface area (Å²) in [6, 6.07) is 0. The summed E-state index contributed by atoms with van der Waals surface area (Å²) in [4.78, 5) is 9.92. The number of hydrogen-bond acceptors (Lipinski definition) is 6. The van der Waals surface area contributed by atoms with E-state index < -0.39 is 0 Å². The highest BCUT2D eigenvalue weighted by Crippen LogP contribution is 2.33. The maximum atomic E-state index is 5.06. The van der Waals surface area contributed by atoms with Gasteiger partial charge < -0.3 is 4.42 Å². The fourth-order valence-electron chi connectivity index (χ4n) is 16.0. The molecule has 0 fully saturated rings. The Morgan fingerprint density at radius 1 is 0.311 bits per heavy atom. The zero-order valence-corrected chi connectivity index (χ0v) is 93.5. The molecular formula is C110H174N20OS+12. The Morgan fingerprint density at radius 3 is 1.19 bits per heavy atom. The zero-order chi connectivity index (χ0) is 101. The predicted molar refractivity (Wildman–Crippen MR) is 541 cm³/mol. The van der Waals surface area contributed by atoms with Crippen LogP contribution in [0, 0.1) is 263 Å². The van der Waals surface area contributed by atoms with Crippen LogP contribution in [0.3, 0.4) is 0 Å². The molecule has 0 aliphatic carbocycles. The van der Waals surface area contributed by atoms with E-state index in [4.69, 9.17) is 4.42 Å². The number of pyridine rings is 3. The average Bonchev–Trinajstić information content (AvgIpc) is 1.15. The molecule has 0 aliphatic heterocycles. The fourth-order valence-corrected chi connectivity index (χ4v) is 16.8. The molecule has 0 N–H and O–H groups in total. The van der Waals surface area contributed by atoms with Gasteiger partial charge in [0.1, 0.15) is 76.4 Å². The lowest BCUT2D eigenvalue weighted by molar-refractivity contribution is -0.751. The van der Waals surface area contributed by atoms with Gasteiger partial charge in [0.25, 0.3) is 12.2 Å². The summed E-state index contributed by atoms with van der Waals surface area (Å²) < 4.78 is 38.4. The lowest BCUT2D eigenvalue weighted by Gasteiger charge is -2.15. The predicted octanol–water partition coefficient (Wildman–Crippen LogP) is 15.9. The number of hydrogen-bond donors (Lipinski definition) is 0. The summed E-state index contributed by atoms with van der Waals surface area (Å²) in [7, 11) is 32.7. The summed E-state index contributed by atoms with van der Waals surface area (Å²) in [5, 5.41) is 12.6. The van der Waals surface area contributed by atoms with Crippen LogP contribution >= 0.6 is 11.3 Å². The number of oxazole rings is 1. The summed E-state index contributed by atoms with van der Waals surface area (Å²) in [6.07, 6.45) is 22.6. The first-order chi connectivity index (χ1) is 60.9. The maximum absolute atomic E-state index is 5.06. The van der Waals surface area contributed by atoms with E-state index in [1.54, 1.807) is 22.4 Å².